The Balaban J connectivity index is 1.42. The van der Waals surface area contributed by atoms with E-state index in [1.807, 2.05) is 31.2 Å². The largest absolute Gasteiger partial charge is 0.345 e. The number of rotatable bonds is 7. The average Bonchev–Trinajstić information content (AvgIpc) is 3.50. The van der Waals surface area contributed by atoms with Gasteiger partial charge in [0.2, 0.25) is 15.9 Å². The van der Waals surface area contributed by atoms with Crippen LogP contribution in [0.15, 0.2) is 40.6 Å². The zero-order valence-corrected chi connectivity index (χ0v) is 19.6. The fourth-order valence-corrected chi connectivity index (χ4v) is 7.26. The van der Waals surface area contributed by atoms with E-state index in [9.17, 15) is 18.0 Å². The van der Waals surface area contributed by atoms with E-state index in [4.69, 9.17) is 0 Å². The molecule has 166 valence electrons. The Morgan fingerprint density at radius 2 is 1.77 bits per heavy atom. The molecule has 1 aliphatic heterocycles. The van der Waals surface area contributed by atoms with Crippen molar-refractivity contribution < 1.29 is 18.0 Å². The summed E-state index contributed by atoms with van der Waals surface area (Å²) in [5, 5.41) is 7.43. The fourth-order valence-electron chi connectivity index (χ4n) is 3.38. The number of carbonyl (C=O) groups is 2. The second-order valence-electron chi connectivity index (χ2n) is 7.71. The second kappa shape index (κ2) is 9.32. The number of benzene rings is 1. The number of hydrogen-bond acceptors (Lipinski definition) is 6. The Hall–Kier alpha value is -1.88. The van der Waals surface area contributed by atoms with Crippen LogP contribution in [0, 0.1) is 5.92 Å². The molecule has 2 aromatic rings. The van der Waals surface area contributed by atoms with Crippen LogP contribution in [0.5, 0.6) is 0 Å². The predicted molar refractivity (Wildman–Crippen MR) is 124 cm³/mol. The van der Waals surface area contributed by atoms with Crippen molar-refractivity contribution in [3.63, 3.8) is 0 Å². The lowest BCUT2D eigenvalue weighted by Crippen LogP contribution is -2.38. The molecule has 2 aliphatic rings. The van der Waals surface area contributed by atoms with Crippen molar-refractivity contribution in [2.45, 2.75) is 30.7 Å². The molecule has 0 bridgehead atoms. The standard InChI is InChI=1S/C21H25N3O4S3/c1-14(15-4-6-17(7-5-15)23-20(25)16-2-3-16)22-21(26)19-18(8-11-30-19)31(27,28)24-9-12-29-13-10-24/h4-8,11,14,16H,2-3,9-10,12-13H2,1H3,(H,22,26)(H,23,25). The molecule has 1 saturated carbocycles. The van der Waals surface area contributed by atoms with Gasteiger partial charge >= 0.3 is 0 Å². The minimum atomic E-state index is -3.68. The summed E-state index contributed by atoms with van der Waals surface area (Å²) in [5.74, 6) is 1.31. The van der Waals surface area contributed by atoms with Crippen LogP contribution in [0.25, 0.3) is 0 Å². The Labute approximate surface area is 190 Å². The molecule has 2 amide bonds. The molecule has 10 heteroatoms. The van der Waals surface area contributed by atoms with Gasteiger partial charge in [0.15, 0.2) is 0 Å². The van der Waals surface area contributed by atoms with Crippen molar-refractivity contribution in [2.75, 3.05) is 29.9 Å². The van der Waals surface area contributed by atoms with Crippen LogP contribution in [0.1, 0.15) is 41.0 Å². The maximum Gasteiger partial charge on any atom is 0.263 e. The number of carbonyl (C=O) groups excluding carboxylic acids is 2. The van der Waals surface area contributed by atoms with Gasteiger partial charge in [0, 0.05) is 36.2 Å². The van der Waals surface area contributed by atoms with Gasteiger partial charge in [-0.2, -0.15) is 16.1 Å². The Kier molecular flexibility index (Phi) is 6.71. The van der Waals surface area contributed by atoms with Gasteiger partial charge in [0.1, 0.15) is 9.77 Å². The SMILES string of the molecule is CC(NC(=O)c1sccc1S(=O)(=O)N1CCSCC1)c1ccc(NC(=O)C2CC2)cc1. The number of amides is 2. The topological polar surface area (TPSA) is 95.6 Å². The molecule has 2 heterocycles. The quantitative estimate of drug-likeness (QED) is 0.635. The molecule has 4 rings (SSSR count). The highest BCUT2D eigenvalue weighted by Crippen LogP contribution is 2.30. The number of nitrogens with one attached hydrogen (secondary N) is 2. The number of nitrogens with zero attached hydrogens (tertiary/aromatic N) is 1. The molecule has 7 nitrogen and oxygen atoms in total. The van der Waals surface area contributed by atoms with Crippen molar-refractivity contribution in [3.8, 4) is 0 Å². The maximum absolute atomic E-state index is 13.0. The molecule has 31 heavy (non-hydrogen) atoms. The molecular weight excluding hydrogens is 454 g/mol. The Morgan fingerprint density at radius 1 is 1.10 bits per heavy atom. The maximum atomic E-state index is 13.0. The second-order valence-corrected chi connectivity index (χ2v) is 11.8. The first-order valence-corrected chi connectivity index (χ1v) is 13.7. The van der Waals surface area contributed by atoms with Crippen LogP contribution >= 0.6 is 23.1 Å². The molecule has 1 aliphatic carbocycles. The summed E-state index contributed by atoms with van der Waals surface area (Å²) >= 11 is 2.86. The van der Waals surface area contributed by atoms with E-state index in [1.54, 1.807) is 17.1 Å². The van der Waals surface area contributed by atoms with Crippen molar-refractivity contribution in [1.82, 2.24) is 9.62 Å². The Bertz CT molecular complexity index is 1060. The molecule has 2 fully saturated rings. The third-order valence-corrected chi connectivity index (χ3v) is 9.32. The van der Waals surface area contributed by atoms with Crippen LogP contribution in [-0.4, -0.2) is 49.1 Å². The van der Waals surface area contributed by atoms with E-state index in [0.717, 1.165) is 46.9 Å². The summed E-state index contributed by atoms with van der Waals surface area (Å²) in [4.78, 5) is 25.0. The molecule has 1 aromatic heterocycles. The summed E-state index contributed by atoms with van der Waals surface area (Å²) < 4.78 is 27.5. The van der Waals surface area contributed by atoms with Gasteiger partial charge in [-0.15, -0.1) is 11.3 Å². The third-order valence-electron chi connectivity index (χ3n) is 5.40. The van der Waals surface area contributed by atoms with Crippen LogP contribution in [0.2, 0.25) is 0 Å². The van der Waals surface area contributed by atoms with Gasteiger partial charge in [0.25, 0.3) is 5.91 Å². The molecule has 1 aromatic carbocycles. The van der Waals surface area contributed by atoms with Crippen LogP contribution in [-0.2, 0) is 14.8 Å². The molecular formula is C21H25N3O4S3. The van der Waals surface area contributed by atoms with Crippen LogP contribution in [0.3, 0.4) is 0 Å². The van der Waals surface area contributed by atoms with Gasteiger partial charge in [-0.3, -0.25) is 9.59 Å². The van der Waals surface area contributed by atoms with Crippen molar-refractivity contribution in [1.29, 1.82) is 0 Å². The minimum absolute atomic E-state index is 0.0489. The summed E-state index contributed by atoms with van der Waals surface area (Å²) in [5.41, 5.74) is 1.59. The van der Waals surface area contributed by atoms with E-state index in [1.165, 1.54) is 10.4 Å². The first kappa shape index (κ1) is 22.3. The number of anilines is 1. The minimum Gasteiger partial charge on any atom is -0.345 e. The first-order valence-electron chi connectivity index (χ1n) is 10.2. The number of hydrogen-bond donors (Lipinski definition) is 2. The van der Waals surface area contributed by atoms with Gasteiger partial charge in [0.05, 0.1) is 6.04 Å². The summed E-state index contributed by atoms with van der Waals surface area (Å²) in [6, 6.07) is 8.53. The third kappa shape index (κ3) is 5.14. The Morgan fingerprint density at radius 3 is 2.42 bits per heavy atom. The zero-order valence-electron chi connectivity index (χ0n) is 17.2. The lowest BCUT2D eigenvalue weighted by Gasteiger charge is -2.25. The highest BCUT2D eigenvalue weighted by atomic mass is 32.2. The highest BCUT2D eigenvalue weighted by molar-refractivity contribution is 7.99. The monoisotopic (exact) mass is 479 g/mol. The van der Waals surface area contributed by atoms with Gasteiger partial charge in [-0.05, 0) is 48.9 Å². The lowest BCUT2D eigenvalue weighted by molar-refractivity contribution is -0.117. The lowest BCUT2D eigenvalue weighted by atomic mass is 10.1. The van der Waals surface area contributed by atoms with Crippen molar-refractivity contribution in [3.05, 3.63) is 46.2 Å². The van der Waals surface area contributed by atoms with E-state index < -0.39 is 15.9 Å². The number of sulfonamides is 1. The van der Waals surface area contributed by atoms with Crippen molar-refractivity contribution in [2.24, 2.45) is 5.92 Å². The average molecular weight is 480 g/mol. The van der Waals surface area contributed by atoms with E-state index in [-0.39, 0.29) is 27.6 Å². The normalized spacial score (nSPS) is 18.4. The molecule has 2 N–H and O–H groups in total. The summed E-state index contributed by atoms with van der Waals surface area (Å²) in [6.45, 7) is 2.77. The van der Waals surface area contributed by atoms with Crippen LogP contribution < -0.4 is 10.6 Å². The summed E-state index contributed by atoms with van der Waals surface area (Å²) in [6.07, 6.45) is 1.90. The van der Waals surface area contributed by atoms with Gasteiger partial charge in [-0.25, -0.2) is 8.42 Å². The summed E-state index contributed by atoms with van der Waals surface area (Å²) in [7, 11) is -3.68. The number of thiophene rings is 1. The molecule has 1 saturated heterocycles. The van der Waals surface area contributed by atoms with E-state index >= 15 is 0 Å². The zero-order chi connectivity index (χ0) is 22.0. The van der Waals surface area contributed by atoms with Crippen LogP contribution in [0.4, 0.5) is 5.69 Å². The molecule has 0 radical (unpaired) electrons. The van der Waals surface area contributed by atoms with Gasteiger partial charge in [-0.1, -0.05) is 12.1 Å². The van der Waals surface area contributed by atoms with E-state index in [2.05, 4.69) is 10.6 Å². The smallest absolute Gasteiger partial charge is 0.263 e. The fraction of sp³-hybridized carbons (Fsp3) is 0.429. The number of thioether (sulfide) groups is 1. The molecule has 1 atom stereocenters. The molecule has 1 unspecified atom stereocenters. The first-order chi connectivity index (χ1) is 14.9. The van der Waals surface area contributed by atoms with Crippen molar-refractivity contribution >= 4 is 50.6 Å². The predicted octanol–water partition coefficient (Wildman–Crippen LogP) is 3.33. The molecule has 0 spiro atoms. The highest BCUT2D eigenvalue weighted by Gasteiger charge is 2.32. The van der Waals surface area contributed by atoms with E-state index in [0.29, 0.717) is 13.1 Å². The van der Waals surface area contributed by atoms with Gasteiger partial charge < -0.3 is 10.6 Å².